The Morgan fingerprint density at radius 3 is 3.06 bits per heavy atom. The van der Waals surface area contributed by atoms with Crippen LogP contribution in [0.4, 0.5) is 0 Å². The van der Waals surface area contributed by atoms with Gasteiger partial charge >= 0.3 is 0 Å². The van der Waals surface area contributed by atoms with Gasteiger partial charge in [0.25, 0.3) is 0 Å². The molecule has 0 saturated carbocycles. The highest BCUT2D eigenvalue weighted by molar-refractivity contribution is 7.09. The van der Waals surface area contributed by atoms with E-state index in [4.69, 9.17) is 5.73 Å². The van der Waals surface area contributed by atoms with E-state index in [0.29, 0.717) is 5.92 Å². The van der Waals surface area contributed by atoms with Crippen LogP contribution in [0, 0.1) is 5.92 Å². The molecule has 0 aliphatic heterocycles. The zero-order chi connectivity index (χ0) is 11.4. The first-order chi connectivity index (χ1) is 7.83. The van der Waals surface area contributed by atoms with Crippen molar-refractivity contribution in [2.75, 3.05) is 6.54 Å². The van der Waals surface area contributed by atoms with Crippen molar-refractivity contribution in [1.82, 2.24) is 9.97 Å². The van der Waals surface area contributed by atoms with Gasteiger partial charge in [0.1, 0.15) is 0 Å². The zero-order valence-electron chi connectivity index (χ0n) is 9.44. The Morgan fingerprint density at radius 2 is 2.44 bits per heavy atom. The summed E-state index contributed by atoms with van der Waals surface area (Å²) in [6, 6.07) is 2.04. The highest BCUT2D eigenvalue weighted by atomic mass is 32.1. The van der Waals surface area contributed by atoms with Gasteiger partial charge in [-0.25, -0.2) is 4.98 Å². The van der Waals surface area contributed by atoms with Crippen LogP contribution in [0.15, 0.2) is 23.8 Å². The lowest BCUT2D eigenvalue weighted by atomic mass is 10.0. The molecule has 2 aromatic rings. The lowest BCUT2D eigenvalue weighted by Crippen LogP contribution is -2.15. The number of hydrogen-bond acceptors (Lipinski definition) is 3. The second kappa shape index (κ2) is 5.27. The molecule has 2 aromatic heterocycles. The predicted molar refractivity (Wildman–Crippen MR) is 68.4 cm³/mol. The van der Waals surface area contributed by atoms with E-state index in [1.54, 1.807) is 11.3 Å². The lowest BCUT2D eigenvalue weighted by molar-refractivity contribution is 0.518. The van der Waals surface area contributed by atoms with Crippen molar-refractivity contribution < 1.29 is 0 Å². The number of aromatic nitrogens is 2. The molecule has 4 heteroatoms. The molecule has 1 atom stereocenters. The fraction of sp³-hybridized carbons (Fsp3) is 0.417. The number of hydrogen-bond donors (Lipinski definition) is 2. The van der Waals surface area contributed by atoms with E-state index in [1.807, 2.05) is 18.5 Å². The third-order valence-electron chi connectivity index (χ3n) is 2.82. The largest absolute Gasteiger partial charge is 0.367 e. The van der Waals surface area contributed by atoms with E-state index in [-0.39, 0.29) is 0 Å². The van der Waals surface area contributed by atoms with E-state index in [9.17, 15) is 0 Å². The van der Waals surface area contributed by atoms with Gasteiger partial charge in [0, 0.05) is 29.8 Å². The van der Waals surface area contributed by atoms with E-state index >= 15 is 0 Å². The van der Waals surface area contributed by atoms with Gasteiger partial charge in [0.05, 0.1) is 10.7 Å². The van der Waals surface area contributed by atoms with Crippen LogP contribution in [0.3, 0.4) is 0 Å². The van der Waals surface area contributed by atoms with Gasteiger partial charge in [-0.15, -0.1) is 11.3 Å². The second-order valence-corrected chi connectivity index (χ2v) is 4.88. The summed E-state index contributed by atoms with van der Waals surface area (Å²) in [5.74, 6) is 0.560. The van der Waals surface area contributed by atoms with Crippen molar-refractivity contribution in [3.63, 3.8) is 0 Å². The number of nitrogens with zero attached hydrogens (tertiary/aromatic N) is 1. The van der Waals surface area contributed by atoms with Crippen LogP contribution in [-0.2, 0) is 6.42 Å². The standard InChI is InChI=1S/C12H17N3S/c1-2-9(6-13)5-12-15-11(8-16-12)10-3-4-14-7-10/h3-4,7-9,14H,2,5-6,13H2,1H3. The topological polar surface area (TPSA) is 54.7 Å². The second-order valence-electron chi connectivity index (χ2n) is 3.94. The maximum atomic E-state index is 5.70. The van der Waals surface area contributed by atoms with E-state index in [1.165, 1.54) is 5.01 Å². The van der Waals surface area contributed by atoms with Crippen LogP contribution in [0.2, 0.25) is 0 Å². The van der Waals surface area contributed by atoms with Crippen molar-refractivity contribution >= 4 is 11.3 Å². The number of aromatic amines is 1. The van der Waals surface area contributed by atoms with Gasteiger partial charge in [-0.05, 0) is 18.5 Å². The summed E-state index contributed by atoms with van der Waals surface area (Å²) in [6.45, 7) is 2.92. The lowest BCUT2D eigenvalue weighted by Gasteiger charge is -2.08. The molecule has 0 fully saturated rings. The molecule has 0 amide bonds. The number of nitrogens with two attached hydrogens (primary N) is 1. The average molecular weight is 235 g/mol. The summed E-state index contributed by atoms with van der Waals surface area (Å²) in [5.41, 5.74) is 7.92. The highest BCUT2D eigenvalue weighted by Gasteiger charge is 2.09. The van der Waals surface area contributed by atoms with Crippen LogP contribution in [0.1, 0.15) is 18.4 Å². The van der Waals surface area contributed by atoms with Gasteiger partial charge in [-0.2, -0.15) is 0 Å². The smallest absolute Gasteiger partial charge is 0.0935 e. The Hall–Kier alpha value is -1.13. The number of nitrogens with one attached hydrogen (secondary N) is 1. The first-order valence-corrected chi connectivity index (χ1v) is 6.49. The Labute approximate surface area is 99.7 Å². The molecule has 0 bridgehead atoms. The first-order valence-electron chi connectivity index (χ1n) is 5.61. The number of rotatable bonds is 5. The predicted octanol–water partition coefficient (Wildman–Crippen LogP) is 2.67. The average Bonchev–Trinajstić information content (AvgIpc) is 2.96. The Morgan fingerprint density at radius 1 is 1.56 bits per heavy atom. The normalized spacial score (nSPS) is 12.9. The maximum Gasteiger partial charge on any atom is 0.0935 e. The van der Waals surface area contributed by atoms with Crippen LogP contribution in [-0.4, -0.2) is 16.5 Å². The van der Waals surface area contributed by atoms with Crippen molar-refractivity contribution in [1.29, 1.82) is 0 Å². The SMILES string of the molecule is CCC(CN)Cc1nc(-c2cc[nH]c2)cs1. The third kappa shape index (κ3) is 2.51. The highest BCUT2D eigenvalue weighted by Crippen LogP contribution is 2.23. The fourth-order valence-corrected chi connectivity index (χ4v) is 2.58. The zero-order valence-corrected chi connectivity index (χ0v) is 10.3. The molecule has 0 radical (unpaired) electrons. The molecule has 16 heavy (non-hydrogen) atoms. The molecule has 0 aliphatic rings. The van der Waals surface area contributed by atoms with Gasteiger partial charge in [-0.1, -0.05) is 13.3 Å². The third-order valence-corrected chi connectivity index (χ3v) is 3.69. The molecule has 0 saturated heterocycles. The first kappa shape index (κ1) is 11.4. The minimum absolute atomic E-state index is 0.560. The molecule has 0 aromatic carbocycles. The summed E-state index contributed by atoms with van der Waals surface area (Å²) in [7, 11) is 0. The molecule has 3 N–H and O–H groups in total. The van der Waals surface area contributed by atoms with E-state index < -0.39 is 0 Å². The van der Waals surface area contributed by atoms with E-state index in [0.717, 1.165) is 30.6 Å². The van der Waals surface area contributed by atoms with Crippen LogP contribution >= 0.6 is 11.3 Å². The molecule has 2 heterocycles. The Balaban J connectivity index is 2.08. The quantitative estimate of drug-likeness (QED) is 0.837. The van der Waals surface area contributed by atoms with Crippen molar-refractivity contribution in [2.45, 2.75) is 19.8 Å². The molecule has 0 spiro atoms. The summed E-state index contributed by atoms with van der Waals surface area (Å²) >= 11 is 1.73. The van der Waals surface area contributed by atoms with Crippen LogP contribution < -0.4 is 5.73 Å². The number of H-pyrrole nitrogens is 1. The van der Waals surface area contributed by atoms with Gasteiger partial charge in [-0.3, -0.25) is 0 Å². The molecule has 86 valence electrons. The van der Waals surface area contributed by atoms with Gasteiger partial charge in [0.15, 0.2) is 0 Å². The van der Waals surface area contributed by atoms with Gasteiger partial charge < -0.3 is 10.7 Å². The molecular formula is C12H17N3S. The fourth-order valence-electron chi connectivity index (χ4n) is 1.66. The minimum atomic E-state index is 0.560. The molecular weight excluding hydrogens is 218 g/mol. The van der Waals surface area contributed by atoms with Crippen LogP contribution in [0.25, 0.3) is 11.3 Å². The summed E-state index contributed by atoms with van der Waals surface area (Å²) in [5, 5.41) is 3.30. The molecule has 2 rings (SSSR count). The molecule has 3 nitrogen and oxygen atoms in total. The van der Waals surface area contributed by atoms with Crippen molar-refractivity contribution in [2.24, 2.45) is 11.7 Å². The molecule has 1 unspecified atom stereocenters. The summed E-state index contributed by atoms with van der Waals surface area (Å²) < 4.78 is 0. The molecule has 0 aliphatic carbocycles. The van der Waals surface area contributed by atoms with Crippen molar-refractivity contribution in [3.8, 4) is 11.3 Å². The van der Waals surface area contributed by atoms with Crippen LogP contribution in [0.5, 0.6) is 0 Å². The monoisotopic (exact) mass is 235 g/mol. The van der Waals surface area contributed by atoms with Gasteiger partial charge in [0.2, 0.25) is 0 Å². The maximum absolute atomic E-state index is 5.70. The Kier molecular flexibility index (Phi) is 3.74. The summed E-state index contributed by atoms with van der Waals surface area (Å²) in [4.78, 5) is 7.68. The van der Waals surface area contributed by atoms with Crippen molar-refractivity contribution in [3.05, 3.63) is 28.8 Å². The van der Waals surface area contributed by atoms with E-state index in [2.05, 4.69) is 22.3 Å². The Bertz CT molecular complexity index is 415. The summed E-state index contributed by atoms with van der Waals surface area (Å²) in [6.07, 6.45) is 6.01. The minimum Gasteiger partial charge on any atom is -0.367 e. The number of thiazole rings is 1.